The van der Waals surface area contributed by atoms with E-state index in [1.165, 1.54) is 16.3 Å². The van der Waals surface area contributed by atoms with Crippen LogP contribution in [-0.4, -0.2) is 10.5 Å². The van der Waals surface area contributed by atoms with Gasteiger partial charge in [0, 0.05) is 0 Å². The summed E-state index contributed by atoms with van der Waals surface area (Å²) in [6.07, 6.45) is 1.75. The molecule has 1 rings (SSSR count). The molecule has 9 heavy (non-hydrogen) atoms. The van der Waals surface area contributed by atoms with Gasteiger partial charge in [-0.05, 0) is 29.9 Å². The standard InChI is InChI=1S/C5H7N3S/c1-4-2-9-8(3-6)5(4)7/h2,5H,7H2,1H3. The molecule has 0 spiro atoms. The van der Waals surface area contributed by atoms with Crippen molar-refractivity contribution in [3.05, 3.63) is 11.0 Å². The van der Waals surface area contributed by atoms with Gasteiger partial charge in [0.25, 0.3) is 0 Å². The number of nitrogens with two attached hydrogens (primary N) is 1. The van der Waals surface area contributed by atoms with Crippen LogP contribution in [0, 0.1) is 11.5 Å². The summed E-state index contributed by atoms with van der Waals surface area (Å²) in [6, 6.07) is 0. The summed E-state index contributed by atoms with van der Waals surface area (Å²) in [6.45, 7) is 1.91. The molecule has 0 saturated carbocycles. The molecule has 2 N–H and O–H groups in total. The first-order chi connectivity index (χ1) is 4.25. The maximum Gasteiger partial charge on any atom is 0.192 e. The van der Waals surface area contributed by atoms with Crippen LogP contribution in [0.3, 0.4) is 0 Å². The molecule has 4 heteroatoms. The van der Waals surface area contributed by atoms with Crippen LogP contribution in [0.25, 0.3) is 0 Å². The summed E-state index contributed by atoms with van der Waals surface area (Å²) in [5.74, 6) is 0. The summed E-state index contributed by atoms with van der Waals surface area (Å²) in [7, 11) is 0. The van der Waals surface area contributed by atoms with Crippen molar-refractivity contribution in [2.45, 2.75) is 13.1 Å². The average Bonchev–Trinajstić information content (AvgIpc) is 2.15. The fourth-order valence-electron chi connectivity index (χ4n) is 0.546. The van der Waals surface area contributed by atoms with E-state index in [1.54, 1.807) is 0 Å². The van der Waals surface area contributed by atoms with Gasteiger partial charge in [-0.2, -0.15) is 5.26 Å². The molecule has 0 saturated heterocycles. The third kappa shape index (κ3) is 1.02. The Bertz CT molecular complexity index is 181. The van der Waals surface area contributed by atoms with Gasteiger partial charge in [0.2, 0.25) is 0 Å². The van der Waals surface area contributed by atoms with Gasteiger partial charge in [-0.15, -0.1) is 0 Å². The predicted octanol–water partition coefficient (Wildman–Crippen LogP) is 0.620. The Balaban J connectivity index is 2.65. The van der Waals surface area contributed by atoms with E-state index in [9.17, 15) is 0 Å². The molecule has 0 aromatic rings. The van der Waals surface area contributed by atoms with Crippen molar-refractivity contribution in [1.29, 1.82) is 5.26 Å². The second-order valence-corrected chi connectivity index (χ2v) is 2.68. The minimum absolute atomic E-state index is 0.208. The lowest BCUT2D eigenvalue weighted by molar-refractivity contribution is 0.540. The Morgan fingerprint density at radius 1 is 2.00 bits per heavy atom. The highest BCUT2D eigenvalue weighted by Gasteiger charge is 2.19. The molecule has 0 aromatic carbocycles. The SMILES string of the molecule is CC1=CSN(C#N)C1N. The molecule has 3 nitrogen and oxygen atoms in total. The van der Waals surface area contributed by atoms with Gasteiger partial charge in [0.05, 0.1) is 0 Å². The van der Waals surface area contributed by atoms with E-state index in [4.69, 9.17) is 11.0 Å². The molecule has 0 aliphatic carbocycles. The van der Waals surface area contributed by atoms with E-state index in [-0.39, 0.29) is 6.17 Å². The van der Waals surface area contributed by atoms with Gasteiger partial charge < -0.3 is 5.73 Å². The van der Waals surface area contributed by atoms with E-state index in [2.05, 4.69) is 0 Å². The van der Waals surface area contributed by atoms with Crippen molar-refractivity contribution >= 4 is 11.9 Å². The van der Waals surface area contributed by atoms with E-state index in [0.29, 0.717) is 0 Å². The van der Waals surface area contributed by atoms with E-state index in [1.807, 2.05) is 18.5 Å². The second kappa shape index (κ2) is 2.29. The maximum atomic E-state index is 8.40. The highest BCUT2D eigenvalue weighted by atomic mass is 32.2. The van der Waals surface area contributed by atoms with Gasteiger partial charge in [-0.1, -0.05) is 0 Å². The van der Waals surface area contributed by atoms with Crippen molar-refractivity contribution in [2.24, 2.45) is 5.73 Å². The lowest BCUT2D eigenvalue weighted by Gasteiger charge is -2.11. The van der Waals surface area contributed by atoms with Crippen LogP contribution in [-0.2, 0) is 0 Å². The quantitative estimate of drug-likeness (QED) is 0.397. The van der Waals surface area contributed by atoms with Crippen LogP contribution < -0.4 is 5.73 Å². The van der Waals surface area contributed by atoms with E-state index < -0.39 is 0 Å². The first-order valence-electron chi connectivity index (χ1n) is 2.53. The molecule has 1 atom stereocenters. The van der Waals surface area contributed by atoms with Crippen LogP contribution in [0.5, 0.6) is 0 Å². The fourth-order valence-corrected chi connectivity index (χ4v) is 1.31. The Kier molecular flexibility index (Phi) is 1.65. The molecule has 0 fully saturated rings. The maximum absolute atomic E-state index is 8.40. The molecule has 0 bridgehead atoms. The van der Waals surface area contributed by atoms with Crippen LogP contribution in [0.2, 0.25) is 0 Å². The highest BCUT2D eigenvalue weighted by Crippen LogP contribution is 2.25. The monoisotopic (exact) mass is 141 g/mol. The van der Waals surface area contributed by atoms with Crippen molar-refractivity contribution in [3.8, 4) is 6.19 Å². The molecule has 1 aliphatic heterocycles. The number of hydrogen-bond acceptors (Lipinski definition) is 4. The third-order valence-corrected chi connectivity index (χ3v) is 2.18. The Labute approximate surface area is 58.3 Å². The summed E-state index contributed by atoms with van der Waals surface area (Å²) in [4.78, 5) is 0. The Hall–Kier alpha value is -0.660. The molecule has 1 unspecified atom stereocenters. The van der Waals surface area contributed by atoms with Gasteiger partial charge in [0.15, 0.2) is 6.19 Å². The van der Waals surface area contributed by atoms with E-state index >= 15 is 0 Å². The lowest BCUT2D eigenvalue weighted by Crippen LogP contribution is -2.31. The second-order valence-electron chi connectivity index (χ2n) is 1.84. The van der Waals surface area contributed by atoms with Gasteiger partial charge in [-0.25, -0.2) is 4.31 Å². The summed E-state index contributed by atoms with van der Waals surface area (Å²) in [5, 5.41) is 10.3. The zero-order chi connectivity index (χ0) is 6.85. The van der Waals surface area contributed by atoms with Crippen molar-refractivity contribution < 1.29 is 0 Å². The van der Waals surface area contributed by atoms with Gasteiger partial charge in [0.1, 0.15) is 6.17 Å². The molecule has 1 aliphatic rings. The summed E-state index contributed by atoms with van der Waals surface area (Å²) < 4.78 is 1.45. The van der Waals surface area contributed by atoms with Gasteiger partial charge >= 0.3 is 0 Å². The predicted molar refractivity (Wildman–Crippen MR) is 36.8 cm³/mol. The molecule has 0 aromatic heterocycles. The van der Waals surface area contributed by atoms with Crippen molar-refractivity contribution in [2.75, 3.05) is 0 Å². The largest absolute Gasteiger partial charge is 0.306 e. The normalized spacial score (nSPS) is 25.7. The lowest BCUT2D eigenvalue weighted by atomic mass is 10.3. The number of rotatable bonds is 0. The number of nitrogens with zero attached hydrogens (tertiary/aromatic N) is 2. The van der Waals surface area contributed by atoms with Crippen LogP contribution in [0.15, 0.2) is 11.0 Å². The molecule has 48 valence electrons. The van der Waals surface area contributed by atoms with Crippen molar-refractivity contribution in [1.82, 2.24) is 4.31 Å². The van der Waals surface area contributed by atoms with Crippen LogP contribution in [0.1, 0.15) is 6.92 Å². The molecular weight excluding hydrogens is 134 g/mol. The average molecular weight is 141 g/mol. The van der Waals surface area contributed by atoms with Gasteiger partial charge in [-0.3, -0.25) is 0 Å². The Morgan fingerprint density at radius 2 is 2.67 bits per heavy atom. The van der Waals surface area contributed by atoms with Crippen LogP contribution >= 0.6 is 11.9 Å². The minimum atomic E-state index is -0.208. The number of hydrogen-bond donors (Lipinski definition) is 1. The fraction of sp³-hybridized carbons (Fsp3) is 0.400. The third-order valence-electron chi connectivity index (χ3n) is 1.17. The molecular formula is C5H7N3S. The molecule has 0 amide bonds. The van der Waals surface area contributed by atoms with Crippen molar-refractivity contribution in [3.63, 3.8) is 0 Å². The van der Waals surface area contributed by atoms with E-state index in [0.717, 1.165) is 5.57 Å². The smallest absolute Gasteiger partial charge is 0.192 e. The summed E-state index contributed by atoms with van der Waals surface area (Å²) >= 11 is 1.34. The first-order valence-corrected chi connectivity index (χ1v) is 3.37. The summed E-state index contributed by atoms with van der Waals surface area (Å²) in [5.41, 5.74) is 6.59. The highest BCUT2D eigenvalue weighted by molar-refractivity contribution is 8.00. The number of nitriles is 1. The first kappa shape index (κ1) is 6.46. The zero-order valence-electron chi connectivity index (χ0n) is 5.03. The zero-order valence-corrected chi connectivity index (χ0v) is 5.85. The topological polar surface area (TPSA) is 53.0 Å². The Morgan fingerprint density at radius 3 is 2.89 bits per heavy atom. The molecule has 1 heterocycles. The minimum Gasteiger partial charge on any atom is -0.306 e. The van der Waals surface area contributed by atoms with Crippen LogP contribution in [0.4, 0.5) is 0 Å². The molecule has 0 radical (unpaired) electrons.